The van der Waals surface area contributed by atoms with Gasteiger partial charge in [-0.2, -0.15) is 0 Å². The number of piperidine rings is 1. The number of rotatable bonds is 4. The second-order valence-electron chi connectivity index (χ2n) is 5.18. The Bertz CT molecular complexity index is 518. The van der Waals surface area contributed by atoms with Gasteiger partial charge >= 0.3 is 5.69 Å². The number of Topliss-reactive ketones (excluding diaryl/α,β-unsaturated/α-hetero) is 1. The van der Waals surface area contributed by atoms with Crippen molar-refractivity contribution in [3.8, 4) is 0 Å². The molecule has 0 aliphatic carbocycles. The van der Waals surface area contributed by atoms with Crippen molar-refractivity contribution in [1.82, 2.24) is 0 Å². The van der Waals surface area contributed by atoms with E-state index in [1.165, 1.54) is 24.3 Å². The van der Waals surface area contributed by atoms with E-state index in [0.717, 1.165) is 12.8 Å². The van der Waals surface area contributed by atoms with Crippen LogP contribution in [0.25, 0.3) is 0 Å². The Labute approximate surface area is 121 Å². The van der Waals surface area contributed by atoms with Gasteiger partial charge in [0, 0.05) is 19.2 Å². The predicted octanol–water partition coefficient (Wildman–Crippen LogP) is 2.46. The molecule has 0 aromatic carbocycles. The molecular weight excluding hydrogens is 280 g/mol. The molecule has 20 heavy (non-hydrogen) atoms. The Hall–Kier alpha value is -1.47. The minimum absolute atomic E-state index is 0.00990. The second-order valence-corrected chi connectivity index (χ2v) is 6.21. The number of hydrogen-bond donors (Lipinski definition) is 1. The fourth-order valence-corrected chi connectivity index (χ4v) is 3.56. The molecule has 7 heteroatoms. The van der Waals surface area contributed by atoms with Crippen molar-refractivity contribution < 1.29 is 14.8 Å². The maximum Gasteiger partial charge on any atom is 0.304 e. The van der Waals surface area contributed by atoms with E-state index in [1.807, 2.05) is 4.90 Å². The highest BCUT2D eigenvalue weighted by Crippen LogP contribution is 2.39. The van der Waals surface area contributed by atoms with Crippen LogP contribution in [-0.4, -0.2) is 35.0 Å². The number of nitro groups is 1. The third-order valence-corrected chi connectivity index (χ3v) is 5.03. The topological polar surface area (TPSA) is 83.7 Å². The van der Waals surface area contributed by atoms with Crippen LogP contribution in [0.15, 0.2) is 6.07 Å². The molecule has 1 aromatic rings. The molecule has 1 aliphatic rings. The molecule has 0 amide bonds. The van der Waals surface area contributed by atoms with Crippen LogP contribution < -0.4 is 4.90 Å². The van der Waals surface area contributed by atoms with Gasteiger partial charge in [-0.25, -0.2) is 0 Å². The lowest BCUT2D eigenvalue weighted by atomic mass is 9.92. The van der Waals surface area contributed by atoms with Gasteiger partial charge in [-0.3, -0.25) is 14.9 Å². The highest BCUT2D eigenvalue weighted by atomic mass is 32.1. The number of ketones is 1. The first kappa shape index (κ1) is 14.9. The van der Waals surface area contributed by atoms with Gasteiger partial charge in [0.1, 0.15) is 0 Å². The molecule has 110 valence electrons. The summed E-state index contributed by atoms with van der Waals surface area (Å²) in [5, 5.41) is 21.3. The fourth-order valence-electron chi connectivity index (χ4n) is 2.49. The van der Waals surface area contributed by atoms with Gasteiger partial charge in [0.05, 0.1) is 15.9 Å². The van der Waals surface area contributed by atoms with E-state index in [9.17, 15) is 20.0 Å². The Kier molecular flexibility index (Phi) is 4.39. The number of anilines is 1. The van der Waals surface area contributed by atoms with Crippen LogP contribution in [0.4, 0.5) is 10.7 Å². The van der Waals surface area contributed by atoms with Crippen molar-refractivity contribution in [1.29, 1.82) is 0 Å². The number of carbonyl (C=O) groups is 1. The summed E-state index contributed by atoms with van der Waals surface area (Å²) in [4.78, 5) is 24.4. The minimum Gasteiger partial charge on any atom is -0.393 e. The monoisotopic (exact) mass is 298 g/mol. The van der Waals surface area contributed by atoms with Crippen LogP contribution in [0.2, 0.25) is 0 Å². The maximum absolute atomic E-state index is 11.4. The molecule has 0 spiro atoms. The molecule has 1 fully saturated rings. The van der Waals surface area contributed by atoms with E-state index in [2.05, 4.69) is 0 Å². The summed E-state index contributed by atoms with van der Waals surface area (Å²) in [6, 6.07) is 1.36. The third-order valence-electron chi connectivity index (χ3n) is 3.75. The number of thiophene rings is 1. The standard InChI is InChI=1S/C13H18N2O4S/c1-8(16)10-3-5-14(6-4-10)13-11(15(18)19)7-12(20-13)9(2)17/h7-8,10,16H,3-6H2,1-2H3. The lowest BCUT2D eigenvalue weighted by Crippen LogP contribution is -2.36. The molecule has 0 radical (unpaired) electrons. The van der Waals surface area contributed by atoms with Crippen molar-refractivity contribution in [2.45, 2.75) is 32.8 Å². The number of hydrogen-bond acceptors (Lipinski definition) is 6. The zero-order valence-electron chi connectivity index (χ0n) is 11.5. The quantitative estimate of drug-likeness (QED) is 0.524. The summed E-state index contributed by atoms with van der Waals surface area (Å²) in [5.74, 6) is 0.0979. The molecule has 1 aliphatic heterocycles. The fraction of sp³-hybridized carbons (Fsp3) is 0.615. The van der Waals surface area contributed by atoms with E-state index >= 15 is 0 Å². The number of nitrogens with zero attached hydrogens (tertiary/aromatic N) is 2. The highest BCUT2D eigenvalue weighted by molar-refractivity contribution is 7.18. The van der Waals surface area contributed by atoms with E-state index in [0.29, 0.717) is 23.0 Å². The zero-order chi connectivity index (χ0) is 14.9. The Balaban J connectivity index is 2.20. The summed E-state index contributed by atoms with van der Waals surface area (Å²) in [7, 11) is 0. The van der Waals surface area contributed by atoms with E-state index in [4.69, 9.17) is 0 Å². The first-order valence-corrected chi connectivity index (χ1v) is 7.44. The smallest absolute Gasteiger partial charge is 0.304 e. The van der Waals surface area contributed by atoms with Gasteiger partial charge in [0.15, 0.2) is 10.8 Å². The summed E-state index contributed by atoms with van der Waals surface area (Å²) >= 11 is 1.18. The SMILES string of the molecule is CC(=O)c1cc([N+](=O)[O-])c(N2CCC(C(C)O)CC2)s1. The molecule has 2 heterocycles. The van der Waals surface area contributed by atoms with Crippen LogP contribution in [0.1, 0.15) is 36.4 Å². The second kappa shape index (κ2) is 5.88. The first-order valence-electron chi connectivity index (χ1n) is 6.62. The molecular formula is C13H18N2O4S. The highest BCUT2D eigenvalue weighted by Gasteiger charge is 2.29. The van der Waals surface area contributed by atoms with Crippen molar-refractivity contribution in [2.24, 2.45) is 5.92 Å². The van der Waals surface area contributed by atoms with Gasteiger partial charge in [-0.05, 0) is 32.6 Å². The summed E-state index contributed by atoms with van der Waals surface area (Å²) in [6.07, 6.45) is 1.27. The molecule has 2 rings (SSSR count). The molecule has 1 atom stereocenters. The Morgan fingerprint density at radius 1 is 1.55 bits per heavy atom. The van der Waals surface area contributed by atoms with Gasteiger partial charge in [-0.1, -0.05) is 0 Å². The van der Waals surface area contributed by atoms with Crippen molar-refractivity contribution in [3.63, 3.8) is 0 Å². The average Bonchev–Trinajstić information content (AvgIpc) is 2.84. The first-order chi connectivity index (χ1) is 9.40. The maximum atomic E-state index is 11.4. The van der Waals surface area contributed by atoms with Gasteiger partial charge < -0.3 is 10.0 Å². The van der Waals surface area contributed by atoms with Gasteiger partial charge in [-0.15, -0.1) is 11.3 Å². The summed E-state index contributed by atoms with van der Waals surface area (Å²) in [5.41, 5.74) is 0.00990. The van der Waals surface area contributed by atoms with Gasteiger partial charge in [0.25, 0.3) is 0 Å². The molecule has 6 nitrogen and oxygen atoms in total. The van der Waals surface area contributed by atoms with Crippen molar-refractivity contribution in [3.05, 3.63) is 21.1 Å². The van der Waals surface area contributed by atoms with Crippen LogP contribution in [0.3, 0.4) is 0 Å². The number of aliphatic hydroxyl groups is 1. The molecule has 1 saturated heterocycles. The largest absolute Gasteiger partial charge is 0.393 e. The molecule has 0 bridgehead atoms. The Morgan fingerprint density at radius 3 is 2.60 bits per heavy atom. The number of aliphatic hydroxyl groups excluding tert-OH is 1. The van der Waals surface area contributed by atoms with E-state index < -0.39 is 4.92 Å². The molecule has 1 unspecified atom stereocenters. The average molecular weight is 298 g/mol. The van der Waals surface area contributed by atoms with Crippen LogP contribution in [0, 0.1) is 16.0 Å². The Morgan fingerprint density at radius 2 is 2.15 bits per heavy atom. The van der Waals surface area contributed by atoms with Gasteiger partial charge in [0.2, 0.25) is 0 Å². The van der Waals surface area contributed by atoms with Crippen LogP contribution in [-0.2, 0) is 0 Å². The van der Waals surface area contributed by atoms with E-state index in [-0.39, 0.29) is 23.5 Å². The van der Waals surface area contributed by atoms with E-state index in [1.54, 1.807) is 6.92 Å². The predicted molar refractivity (Wildman–Crippen MR) is 77.6 cm³/mol. The van der Waals surface area contributed by atoms with Crippen molar-refractivity contribution in [2.75, 3.05) is 18.0 Å². The minimum atomic E-state index is -0.432. The zero-order valence-corrected chi connectivity index (χ0v) is 12.4. The normalized spacial score (nSPS) is 18.1. The van der Waals surface area contributed by atoms with Crippen LogP contribution in [0.5, 0.6) is 0 Å². The summed E-state index contributed by atoms with van der Waals surface area (Å²) < 4.78 is 0. The lowest BCUT2D eigenvalue weighted by Gasteiger charge is -2.33. The third kappa shape index (κ3) is 2.99. The van der Waals surface area contributed by atoms with Crippen LogP contribution >= 0.6 is 11.3 Å². The lowest BCUT2D eigenvalue weighted by molar-refractivity contribution is -0.383. The molecule has 1 aromatic heterocycles. The molecule has 1 N–H and O–H groups in total. The van der Waals surface area contributed by atoms with Crippen molar-refractivity contribution >= 4 is 27.8 Å². The molecule has 0 saturated carbocycles. The summed E-state index contributed by atoms with van der Waals surface area (Å²) in [6.45, 7) is 4.54. The number of carbonyl (C=O) groups excluding carboxylic acids is 1.